The van der Waals surface area contributed by atoms with Crippen molar-refractivity contribution in [1.82, 2.24) is 4.98 Å². The van der Waals surface area contributed by atoms with Crippen molar-refractivity contribution in [2.24, 2.45) is 0 Å². The number of halogens is 4. The van der Waals surface area contributed by atoms with E-state index in [1.165, 1.54) is 12.4 Å². The molecule has 1 aromatic heterocycles. The Morgan fingerprint density at radius 3 is 2.71 bits per heavy atom. The van der Waals surface area contributed by atoms with Crippen molar-refractivity contribution in [3.05, 3.63) is 28.5 Å². The molecule has 0 radical (unpaired) electrons. The minimum absolute atomic E-state index is 0.233. The number of hydrogen-bond acceptors (Lipinski definition) is 2. The van der Waals surface area contributed by atoms with E-state index >= 15 is 0 Å². The molecule has 1 rings (SSSR count). The number of pyridine rings is 1. The lowest BCUT2D eigenvalue weighted by molar-refractivity contribution is -0.0398. The predicted octanol–water partition coefficient (Wildman–Crippen LogP) is 2.58. The second-order valence-corrected chi connectivity index (χ2v) is 4.19. The van der Waals surface area contributed by atoms with E-state index in [4.69, 9.17) is 5.11 Å². The fourth-order valence-corrected chi connectivity index (χ4v) is 1.40. The molecular formula is C8H7BrClF2NO. The zero-order valence-electron chi connectivity index (χ0n) is 6.92. The third-order valence-corrected chi connectivity index (χ3v) is 2.25. The minimum atomic E-state index is -3.61. The Morgan fingerprint density at radius 1 is 1.57 bits per heavy atom. The molecule has 2 nitrogen and oxygen atoms in total. The van der Waals surface area contributed by atoms with Gasteiger partial charge in [-0.1, -0.05) is 0 Å². The van der Waals surface area contributed by atoms with Crippen molar-refractivity contribution in [1.29, 1.82) is 0 Å². The summed E-state index contributed by atoms with van der Waals surface area (Å²) >= 11 is 7.80. The zero-order chi connectivity index (χ0) is 10.8. The molecule has 0 aliphatic heterocycles. The number of aliphatic hydroxyl groups excluding tert-OH is 1. The van der Waals surface area contributed by atoms with Crippen LogP contribution in [0.2, 0.25) is 0 Å². The third-order valence-electron chi connectivity index (χ3n) is 1.57. The lowest BCUT2D eigenvalue weighted by atomic mass is 10.1. The van der Waals surface area contributed by atoms with Crippen molar-refractivity contribution < 1.29 is 13.9 Å². The summed E-state index contributed by atoms with van der Waals surface area (Å²) in [6.45, 7) is 0. The molecule has 1 heterocycles. The Morgan fingerprint density at radius 2 is 2.21 bits per heavy atom. The van der Waals surface area contributed by atoms with Crippen LogP contribution in [0.15, 0.2) is 22.9 Å². The van der Waals surface area contributed by atoms with Crippen molar-refractivity contribution in [2.45, 2.75) is 17.9 Å². The van der Waals surface area contributed by atoms with Gasteiger partial charge in [0.05, 0.1) is 0 Å². The average molecular weight is 287 g/mol. The highest BCUT2D eigenvalue weighted by molar-refractivity contribution is 9.10. The molecule has 0 saturated heterocycles. The van der Waals surface area contributed by atoms with Gasteiger partial charge in [-0.2, -0.15) is 8.78 Å². The van der Waals surface area contributed by atoms with Gasteiger partial charge >= 0.3 is 5.38 Å². The zero-order valence-corrected chi connectivity index (χ0v) is 9.26. The molecule has 14 heavy (non-hydrogen) atoms. The first kappa shape index (κ1) is 11.8. The number of hydrogen-bond donors (Lipinski definition) is 1. The first-order valence-corrected chi connectivity index (χ1v) is 4.91. The lowest BCUT2D eigenvalue weighted by Gasteiger charge is -2.15. The van der Waals surface area contributed by atoms with E-state index in [1.54, 1.807) is 6.07 Å². The molecule has 1 aromatic rings. The van der Waals surface area contributed by atoms with E-state index in [1.807, 2.05) is 0 Å². The summed E-state index contributed by atoms with van der Waals surface area (Å²) in [7, 11) is 0. The van der Waals surface area contributed by atoms with Gasteiger partial charge in [0.15, 0.2) is 0 Å². The van der Waals surface area contributed by atoms with Crippen molar-refractivity contribution in [2.75, 3.05) is 0 Å². The van der Waals surface area contributed by atoms with E-state index in [9.17, 15) is 8.78 Å². The highest BCUT2D eigenvalue weighted by atomic mass is 79.9. The maximum atomic E-state index is 12.4. The number of alkyl halides is 3. The lowest BCUT2D eigenvalue weighted by Crippen LogP contribution is -2.29. The number of aromatic nitrogens is 1. The fraction of sp³-hybridized carbons (Fsp3) is 0.375. The molecule has 1 unspecified atom stereocenters. The number of aliphatic hydroxyl groups is 1. The van der Waals surface area contributed by atoms with Crippen LogP contribution in [-0.2, 0) is 6.42 Å². The Bertz CT molecular complexity index is 318. The second kappa shape index (κ2) is 4.51. The molecule has 0 amide bonds. The van der Waals surface area contributed by atoms with Crippen molar-refractivity contribution >= 4 is 27.5 Å². The van der Waals surface area contributed by atoms with Crippen LogP contribution < -0.4 is 0 Å². The van der Waals surface area contributed by atoms with Crippen LogP contribution in [0.1, 0.15) is 5.56 Å². The third kappa shape index (κ3) is 3.48. The standard InChI is InChI=1S/C8H7BrClF2NO/c9-6-1-5(3-13-4-6)2-7(14)8(10,11)12/h1,3-4,7,14H,2H2. The fourth-order valence-electron chi connectivity index (χ4n) is 0.906. The van der Waals surface area contributed by atoms with Crippen LogP contribution in [0.25, 0.3) is 0 Å². The number of nitrogens with zero attached hydrogens (tertiary/aromatic N) is 1. The highest BCUT2D eigenvalue weighted by Crippen LogP contribution is 2.26. The Kier molecular flexibility index (Phi) is 3.80. The molecule has 78 valence electrons. The summed E-state index contributed by atoms with van der Waals surface area (Å²) in [5, 5.41) is 5.40. The molecule has 0 fully saturated rings. The SMILES string of the molecule is OC(Cc1cncc(Br)c1)C(F)(F)Cl. The predicted molar refractivity (Wildman–Crippen MR) is 52.4 cm³/mol. The largest absolute Gasteiger partial charge is 0.385 e. The van der Waals surface area contributed by atoms with Crippen LogP contribution in [0.4, 0.5) is 8.78 Å². The van der Waals surface area contributed by atoms with Gasteiger partial charge < -0.3 is 5.11 Å². The van der Waals surface area contributed by atoms with E-state index in [0.29, 0.717) is 10.0 Å². The average Bonchev–Trinajstić information content (AvgIpc) is 2.02. The molecule has 0 saturated carbocycles. The summed E-state index contributed by atoms with van der Waals surface area (Å²) < 4.78 is 25.4. The Hall–Kier alpha value is -0.260. The quantitative estimate of drug-likeness (QED) is 0.866. The van der Waals surface area contributed by atoms with E-state index in [-0.39, 0.29) is 6.42 Å². The maximum Gasteiger partial charge on any atom is 0.347 e. The topological polar surface area (TPSA) is 33.1 Å². The van der Waals surface area contributed by atoms with Crippen molar-refractivity contribution in [3.8, 4) is 0 Å². The van der Waals surface area contributed by atoms with Crippen LogP contribution in [0, 0.1) is 0 Å². The summed E-state index contributed by atoms with van der Waals surface area (Å²) in [6, 6.07) is 1.60. The molecule has 1 N–H and O–H groups in total. The van der Waals surface area contributed by atoms with Crippen LogP contribution in [-0.4, -0.2) is 21.6 Å². The molecule has 0 aliphatic carbocycles. The van der Waals surface area contributed by atoms with Gasteiger partial charge in [-0.3, -0.25) is 4.98 Å². The van der Waals surface area contributed by atoms with Crippen LogP contribution in [0.5, 0.6) is 0 Å². The van der Waals surface area contributed by atoms with Gasteiger partial charge in [0.1, 0.15) is 6.10 Å². The molecule has 6 heteroatoms. The van der Waals surface area contributed by atoms with Gasteiger partial charge in [0.2, 0.25) is 0 Å². The first-order valence-electron chi connectivity index (χ1n) is 3.74. The van der Waals surface area contributed by atoms with Gasteiger partial charge in [-0.15, -0.1) is 0 Å². The highest BCUT2D eigenvalue weighted by Gasteiger charge is 2.35. The second-order valence-electron chi connectivity index (χ2n) is 2.77. The first-order chi connectivity index (χ1) is 6.39. The van der Waals surface area contributed by atoms with Crippen molar-refractivity contribution in [3.63, 3.8) is 0 Å². The van der Waals surface area contributed by atoms with Crippen LogP contribution >= 0.6 is 27.5 Å². The van der Waals surface area contributed by atoms with Gasteiger partial charge in [0, 0.05) is 23.3 Å². The molecule has 0 bridgehead atoms. The minimum Gasteiger partial charge on any atom is -0.385 e. The Balaban J connectivity index is 2.70. The van der Waals surface area contributed by atoms with E-state index in [2.05, 4.69) is 32.5 Å². The van der Waals surface area contributed by atoms with Gasteiger partial charge in [-0.05, 0) is 39.2 Å². The van der Waals surface area contributed by atoms with E-state index in [0.717, 1.165) is 0 Å². The number of rotatable bonds is 3. The van der Waals surface area contributed by atoms with Gasteiger partial charge in [-0.25, -0.2) is 0 Å². The normalized spacial score (nSPS) is 14.1. The summed E-state index contributed by atoms with van der Waals surface area (Å²) in [6.07, 6.45) is 0.786. The summed E-state index contributed by atoms with van der Waals surface area (Å²) in [5.74, 6) is 0. The van der Waals surface area contributed by atoms with E-state index < -0.39 is 11.5 Å². The smallest absolute Gasteiger partial charge is 0.347 e. The summed E-state index contributed by atoms with van der Waals surface area (Å²) in [4.78, 5) is 3.77. The maximum absolute atomic E-state index is 12.4. The molecular weight excluding hydrogens is 279 g/mol. The molecule has 0 spiro atoms. The molecule has 1 atom stereocenters. The molecule has 0 aliphatic rings. The Labute approximate surface area is 93.0 Å². The molecule has 0 aromatic carbocycles. The monoisotopic (exact) mass is 285 g/mol. The van der Waals surface area contributed by atoms with Gasteiger partial charge in [0.25, 0.3) is 0 Å². The van der Waals surface area contributed by atoms with Crippen LogP contribution in [0.3, 0.4) is 0 Å². The summed E-state index contributed by atoms with van der Waals surface area (Å²) in [5.41, 5.74) is 0.493.